The van der Waals surface area contributed by atoms with E-state index >= 15 is 0 Å². The van der Waals surface area contributed by atoms with Crippen molar-refractivity contribution in [1.29, 1.82) is 0 Å². The average Bonchev–Trinajstić information content (AvgIpc) is 2.32. The molecule has 1 rings (SSSR count). The Labute approximate surface area is 107 Å². The lowest BCUT2D eigenvalue weighted by molar-refractivity contribution is -0.116. The van der Waals surface area contributed by atoms with E-state index in [0.29, 0.717) is 24.2 Å². The second-order valence-corrected chi connectivity index (χ2v) is 4.19. The van der Waals surface area contributed by atoms with Crippen LogP contribution in [0.1, 0.15) is 35.2 Å². The number of unbranched alkanes of at least 4 members (excludes halogenated alkanes) is 1. The molecule has 0 heterocycles. The van der Waals surface area contributed by atoms with E-state index in [1.54, 1.807) is 18.2 Å². The van der Waals surface area contributed by atoms with Crippen molar-refractivity contribution in [3.05, 3.63) is 29.3 Å². The number of amides is 2. The van der Waals surface area contributed by atoms with E-state index in [2.05, 4.69) is 5.32 Å². The zero-order chi connectivity index (χ0) is 13.5. The molecule has 0 aliphatic rings. The minimum atomic E-state index is -0.473. The smallest absolute Gasteiger partial charge is 0.248 e. The molecule has 5 nitrogen and oxygen atoms in total. The van der Waals surface area contributed by atoms with E-state index in [1.165, 1.54) is 0 Å². The minimum Gasteiger partial charge on any atom is -0.366 e. The predicted molar refractivity (Wildman–Crippen MR) is 71.2 cm³/mol. The van der Waals surface area contributed by atoms with E-state index in [-0.39, 0.29) is 5.91 Å². The maximum absolute atomic E-state index is 11.6. The lowest BCUT2D eigenvalue weighted by Gasteiger charge is -2.09. The van der Waals surface area contributed by atoms with Crippen LogP contribution in [0, 0.1) is 6.92 Å². The SMILES string of the molecule is Cc1cc(C(N)=O)ccc1NC(=O)CCCCN. The standard InChI is InChI=1S/C13H19N3O2/c1-9-8-10(13(15)18)5-6-11(9)16-12(17)4-2-3-7-14/h5-6,8H,2-4,7,14H2,1H3,(H2,15,18)(H,16,17). The number of primary amides is 1. The van der Waals surface area contributed by atoms with E-state index in [9.17, 15) is 9.59 Å². The normalized spacial score (nSPS) is 10.1. The predicted octanol–water partition coefficient (Wildman–Crippen LogP) is 1.16. The van der Waals surface area contributed by atoms with Gasteiger partial charge in [-0.2, -0.15) is 0 Å². The van der Waals surface area contributed by atoms with Gasteiger partial charge in [0.15, 0.2) is 0 Å². The average molecular weight is 249 g/mol. The van der Waals surface area contributed by atoms with Crippen molar-refractivity contribution in [3.8, 4) is 0 Å². The summed E-state index contributed by atoms with van der Waals surface area (Å²) in [7, 11) is 0. The largest absolute Gasteiger partial charge is 0.366 e. The number of hydrogen-bond donors (Lipinski definition) is 3. The van der Waals surface area contributed by atoms with Gasteiger partial charge in [-0.3, -0.25) is 9.59 Å². The van der Waals surface area contributed by atoms with Crippen molar-refractivity contribution < 1.29 is 9.59 Å². The van der Waals surface area contributed by atoms with Gasteiger partial charge in [0.1, 0.15) is 0 Å². The van der Waals surface area contributed by atoms with Crippen molar-refractivity contribution in [2.24, 2.45) is 11.5 Å². The molecule has 18 heavy (non-hydrogen) atoms. The first kappa shape index (κ1) is 14.2. The number of carbonyl (C=O) groups excluding carboxylic acids is 2. The van der Waals surface area contributed by atoms with Crippen LogP contribution in [-0.2, 0) is 4.79 Å². The highest BCUT2D eigenvalue weighted by Crippen LogP contribution is 2.16. The lowest BCUT2D eigenvalue weighted by Crippen LogP contribution is -2.14. The number of hydrogen-bond acceptors (Lipinski definition) is 3. The Bertz CT molecular complexity index is 444. The van der Waals surface area contributed by atoms with Gasteiger partial charge >= 0.3 is 0 Å². The molecule has 0 radical (unpaired) electrons. The van der Waals surface area contributed by atoms with Crippen molar-refractivity contribution in [2.75, 3.05) is 11.9 Å². The summed E-state index contributed by atoms with van der Waals surface area (Å²) in [5.41, 5.74) is 12.5. The van der Waals surface area contributed by atoms with Crippen LogP contribution in [0.5, 0.6) is 0 Å². The van der Waals surface area contributed by atoms with Crippen molar-refractivity contribution in [3.63, 3.8) is 0 Å². The zero-order valence-electron chi connectivity index (χ0n) is 10.5. The van der Waals surface area contributed by atoms with Crippen LogP contribution in [0.15, 0.2) is 18.2 Å². The highest BCUT2D eigenvalue weighted by molar-refractivity contribution is 5.95. The third kappa shape index (κ3) is 4.18. The van der Waals surface area contributed by atoms with Gasteiger partial charge in [-0.1, -0.05) is 0 Å². The lowest BCUT2D eigenvalue weighted by atomic mass is 10.1. The summed E-state index contributed by atoms with van der Waals surface area (Å²) in [6, 6.07) is 4.96. The Hall–Kier alpha value is -1.88. The molecule has 0 saturated carbocycles. The van der Waals surface area contributed by atoms with Crippen molar-refractivity contribution in [1.82, 2.24) is 0 Å². The molecule has 2 amide bonds. The summed E-state index contributed by atoms with van der Waals surface area (Å²) in [4.78, 5) is 22.6. The summed E-state index contributed by atoms with van der Waals surface area (Å²) < 4.78 is 0. The quantitative estimate of drug-likeness (QED) is 0.660. The highest BCUT2D eigenvalue weighted by Gasteiger charge is 2.07. The van der Waals surface area contributed by atoms with Crippen LogP contribution in [0.3, 0.4) is 0 Å². The summed E-state index contributed by atoms with van der Waals surface area (Å²) in [6.45, 7) is 2.42. The number of aryl methyl sites for hydroxylation is 1. The first-order chi connectivity index (χ1) is 8.54. The Morgan fingerprint density at radius 2 is 2.00 bits per heavy atom. The Morgan fingerprint density at radius 1 is 1.28 bits per heavy atom. The Kier molecular flexibility index (Phi) is 5.32. The fourth-order valence-corrected chi connectivity index (χ4v) is 1.60. The van der Waals surface area contributed by atoms with Crippen molar-refractivity contribution >= 4 is 17.5 Å². The van der Waals surface area contributed by atoms with E-state index in [1.807, 2.05) is 6.92 Å². The summed E-state index contributed by atoms with van der Waals surface area (Å²) >= 11 is 0. The van der Waals surface area contributed by atoms with E-state index < -0.39 is 5.91 Å². The molecule has 5 heteroatoms. The molecule has 0 spiro atoms. The van der Waals surface area contributed by atoms with Crippen LogP contribution in [0.2, 0.25) is 0 Å². The van der Waals surface area contributed by atoms with Gasteiger partial charge in [0.25, 0.3) is 0 Å². The molecule has 1 aromatic rings. The molecule has 0 aliphatic carbocycles. The molecule has 0 aromatic heterocycles. The first-order valence-corrected chi connectivity index (χ1v) is 5.95. The molecular formula is C13H19N3O2. The van der Waals surface area contributed by atoms with Crippen LogP contribution in [0.25, 0.3) is 0 Å². The Morgan fingerprint density at radius 3 is 2.56 bits per heavy atom. The molecule has 0 bridgehead atoms. The molecule has 0 unspecified atom stereocenters. The number of nitrogens with two attached hydrogens (primary N) is 2. The number of rotatable bonds is 6. The van der Waals surface area contributed by atoms with E-state index in [4.69, 9.17) is 11.5 Å². The van der Waals surface area contributed by atoms with Crippen LogP contribution in [0.4, 0.5) is 5.69 Å². The molecule has 0 fully saturated rings. The number of anilines is 1. The number of nitrogens with one attached hydrogen (secondary N) is 1. The second-order valence-electron chi connectivity index (χ2n) is 4.19. The van der Waals surface area contributed by atoms with Crippen molar-refractivity contribution in [2.45, 2.75) is 26.2 Å². The fourth-order valence-electron chi connectivity index (χ4n) is 1.60. The highest BCUT2D eigenvalue weighted by atomic mass is 16.1. The van der Waals surface area contributed by atoms with Gasteiger partial charge < -0.3 is 16.8 Å². The van der Waals surface area contributed by atoms with Gasteiger partial charge in [-0.15, -0.1) is 0 Å². The Balaban J connectivity index is 2.62. The third-order valence-electron chi connectivity index (χ3n) is 2.64. The summed E-state index contributed by atoms with van der Waals surface area (Å²) in [5.74, 6) is -0.516. The molecule has 0 saturated heterocycles. The monoisotopic (exact) mass is 249 g/mol. The van der Waals surface area contributed by atoms with Crippen LogP contribution in [-0.4, -0.2) is 18.4 Å². The molecular weight excluding hydrogens is 230 g/mol. The molecule has 0 atom stereocenters. The maximum atomic E-state index is 11.6. The molecule has 0 aliphatic heterocycles. The van der Waals surface area contributed by atoms with Gasteiger partial charge in [0, 0.05) is 17.7 Å². The number of carbonyl (C=O) groups is 2. The number of benzene rings is 1. The fraction of sp³-hybridized carbons (Fsp3) is 0.385. The van der Waals surface area contributed by atoms with Gasteiger partial charge in [0.05, 0.1) is 0 Å². The minimum absolute atomic E-state index is 0.0432. The van der Waals surface area contributed by atoms with Gasteiger partial charge in [0.2, 0.25) is 11.8 Å². The summed E-state index contributed by atoms with van der Waals surface area (Å²) in [6.07, 6.45) is 2.07. The van der Waals surface area contributed by atoms with Crippen LogP contribution >= 0.6 is 0 Å². The molecule has 5 N–H and O–H groups in total. The first-order valence-electron chi connectivity index (χ1n) is 5.95. The third-order valence-corrected chi connectivity index (χ3v) is 2.64. The molecule has 98 valence electrons. The molecule has 1 aromatic carbocycles. The zero-order valence-corrected chi connectivity index (χ0v) is 10.5. The summed E-state index contributed by atoms with van der Waals surface area (Å²) in [5, 5.41) is 2.80. The topological polar surface area (TPSA) is 98.2 Å². The van der Waals surface area contributed by atoms with Gasteiger partial charge in [-0.25, -0.2) is 0 Å². The second kappa shape index (κ2) is 6.76. The van der Waals surface area contributed by atoms with Crippen LogP contribution < -0.4 is 16.8 Å². The van der Waals surface area contributed by atoms with Gasteiger partial charge in [-0.05, 0) is 50.1 Å². The van der Waals surface area contributed by atoms with E-state index in [0.717, 1.165) is 18.4 Å². The maximum Gasteiger partial charge on any atom is 0.248 e.